The zero-order valence-corrected chi connectivity index (χ0v) is 14.4. The predicted octanol–water partition coefficient (Wildman–Crippen LogP) is 1.80. The van der Waals surface area contributed by atoms with E-state index in [1.54, 1.807) is 0 Å². The second kappa shape index (κ2) is 8.90. The Morgan fingerprint density at radius 3 is 2.45 bits per heavy atom. The first-order valence-electron chi connectivity index (χ1n) is 7.62. The van der Waals surface area contributed by atoms with Gasteiger partial charge in [-0.2, -0.15) is 4.31 Å². The molecule has 1 unspecified atom stereocenters. The maximum Gasteiger partial charge on any atom is 0.220 e. The van der Waals surface area contributed by atoms with Crippen molar-refractivity contribution in [3.63, 3.8) is 0 Å². The first kappa shape index (κ1) is 18.6. The third-order valence-electron chi connectivity index (χ3n) is 3.65. The number of amides is 1. The number of sulfonamides is 1. The van der Waals surface area contributed by atoms with Crippen molar-refractivity contribution in [2.24, 2.45) is 0 Å². The fourth-order valence-electron chi connectivity index (χ4n) is 2.21. The quantitative estimate of drug-likeness (QED) is 0.752. The fourth-order valence-corrected chi connectivity index (χ4v) is 3.44. The van der Waals surface area contributed by atoms with Crippen molar-refractivity contribution in [1.29, 1.82) is 0 Å². The number of hydrogen-bond donors (Lipinski definition) is 1. The molecule has 0 heterocycles. The largest absolute Gasteiger partial charge is 0.355 e. The molecule has 1 aromatic carbocycles. The lowest BCUT2D eigenvalue weighted by Crippen LogP contribution is -2.42. The van der Waals surface area contributed by atoms with Crippen molar-refractivity contribution >= 4 is 15.9 Å². The molecule has 0 aliphatic heterocycles. The molecule has 1 atom stereocenters. The van der Waals surface area contributed by atoms with Crippen LogP contribution in [0.15, 0.2) is 30.3 Å². The van der Waals surface area contributed by atoms with Crippen LogP contribution in [0.3, 0.4) is 0 Å². The number of rotatable bonds is 9. The van der Waals surface area contributed by atoms with Crippen LogP contribution in [0.2, 0.25) is 0 Å². The molecule has 1 rings (SSSR count). The molecule has 0 aliphatic rings. The Morgan fingerprint density at radius 1 is 1.27 bits per heavy atom. The molecular formula is C16H26N2O3S. The highest BCUT2D eigenvalue weighted by Crippen LogP contribution is 2.08. The van der Waals surface area contributed by atoms with Crippen LogP contribution >= 0.6 is 0 Å². The summed E-state index contributed by atoms with van der Waals surface area (Å²) in [4.78, 5) is 11.8. The minimum absolute atomic E-state index is 0.0542. The Balaban J connectivity index is 2.37. The number of nitrogens with one attached hydrogen (secondary N) is 1. The first-order valence-corrected chi connectivity index (χ1v) is 9.47. The second-order valence-electron chi connectivity index (χ2n) is 5.47. The summed E-state index contributed by atoms with van der Waals surface area (Å²) in [6, 6.07) is 9.75. The number of nitrogens with zero attached hydrogens (tertiary/aromatic N) is 1. The van der Waals surface area contributed by atoms with Gasteiger partial charge in [-0.3, -0.25) is 4.79 Å². The highest BCUT2D eigenvalue weighted by molar-refractivity contribution is 7.88. The summed E-state index contributed by atoms with van der Waals surface area (Å²) >= 11 is 0. The molecular weight excluding hydrogens is 300 g/mol. The third-order valence-corrected chi connectivity index (χ3v) is 5.04. The zero-order chi connectivity index (χ0) is 16.6. The Hall–Kier alpha value is -1.40. The van der Waals surface area contributed by atoms with E-state index in [2.05, 4.69) is 5.32 Å². The van der Waals surface area contributed by atoms with E-state index in [1.165, 1.54) is 10.6 Å². The van der Waals surface area contributed by atoms with E-state index in [0.717, 1.165) is 12.0 Å². The predicted molar refractivity (Wildman–Crippen MR) is 89.1 cm³/mol. The molecule has 1 aromatic rings. The number of carbonyl (C=O) groups is 1. The molecule has 0 aromatic heterocycles. The topological polar surface area (TPSA) is 66.5 Å². The van der Waals surface area contributed by atoms with E-state index in [9.17, 15) is 13.2 Å². The third kappa shape index (κ3) is 6.58. The number of hydrogen-bond acceptors (Lipinski definition) is 3. The summed E-state index contributed by atoms with van der Waals surface area (Å²) in [6.45, 7) is 4.47. The summed E-state index contributed by atoms with van der Waals surface area (Å²) < 4.78 is 24.9. The van der Waals surface area contributed by atoms with Gasteiger partial charge in [-0.15, -0.1) is 0 Å². The number of carbonyl (C=O) groups excluding carboxylic acids is 1. The highest BCUT2D eigenvalue weighted by atomic mass is 32.2. The maximum atomic E-state index is 11.8. The highest BCUT2D eigenvalue weighted by Gasteiger charge is 2.21. The first-order chi connectivity index (χ1) is 10.3. The summed E-state index contributed by atoms with van der Waals surface area (Å²) in [5, 5.41) is 2.79. The molecule has 0 radical (unpaired) electrons. The van der Waals surface area contributed by atoms with Crippen LogP contribution < -0.4 is 5.32 Å². The van der Waals surface area contributed by atoms with Gasteiger partial charge in [-0.05, 0) is 25.3 Å². The van der Waals surface area contributed by atoms with E-state index in [1.807, 2.05) is 44.2 Å². The van der Waals surface area contributed by atoms with Crippen molar-refractivity contribution in [1.82, 2.24) is 9.62 Å². The molecule has 1 N–H and O–H groups in total. The monoisotopic (exact) mass is 326 g/mol. The minimum Gasteiger partial charge on any atom is -0.355 e. The SMILES string of the molecule is CCC(C)N(CCNC(=O)CCc1ccccc1)S(C)(=O)=O. The van der Waals surface area contributed by atoms with Gasteiger partial charge in [0.1, 0.15) is 0 Å². The van der Waals surface area contributed by atoms with Crippen LogP contribution in [-0.2, 0) is 21.2 Å². The molecule has 1 amide bonds. The lowest BCUT2D eigenvalue weighted by atomic mass is 10.1. The molecule has 5 nitrogen and oxygen atoms in total. The molecule has 0 spiro atoms. The number of benzene rings is 1. The standard InChI is InChI=1S/C16H26N2O3S/c1-4-14(2)18(22(3,20)21)13-12-17-16(19)11-10-15-8-6-5-7-9-15/h5-9,14H,4,10-13H2,1-3H3,(H,17,19). The lowest BCUT2D eigenvalue weighted by molar-refractivity contribution is -0.121. The van der Waals surface area contributed by atoms with E-state index in [4.69, 9.17) is 0 Å². The smallest absolute Gasteiger partial charge is 0.220 e. The van der Waals surface area contributed by atoms with Crippen molar-refractivity contribution in [3.8, 4) is 0 Å². The Labute approximate surface area is 133 Å². The lowest BCUT2D eigenvalue weighted by Gasteiger charge is -2.25. The zero-order valence-electron chi connectivity index (χ0n) is 13.6. The summed E-state index contributed by atoms with van der Waals surface area (Å²) in [7, 11) is -3.25. The fraction of sp³-hybridized carbons (Fsp3) is 0.562. The summed E-state index contributed by atoms with van der Waals surface area (Å²) in [6.07, 6.45) is 3.05. The second-order valence-corrected chi connectivity index (χ2v) is 7.40. The van der Waals surface area contributed by atoms with E-state index >= 15 is 0 Å². The molecule has 0 saturated heterocycles. The van der Waals surface area contributed by atoms with Gasteiger partial charge in [0, 0.05) is 25.6 Å². The minimum atomic E-state index is -3.25. The molecule has 0 bridgehead atoms. The van der Waals surface area contributed by atoms with Gasteiger partial charge >= 0.3 is 0 Å². The van der Waals surface area contributed by atoms with Crippen LogP contribution in [0.4, 0.5) is 0 Å². The maximum absolute atomic E-state index is 11.8. The average molecular weight is 326 g/mol. The van der Waals surface area contributed by atoms with Crippen LogP contribution in [-0.4, -0.2) is 44.0 Å². The molecule has 6 heteroatoms. The van der Waals surface area contributed by atoms with Crippen LogP contribution in [0.1, 0.15) is 32.3 Å². The van der Waals surface area contributed by atoms with E-state index in [-0.39, 0.29) is 11.9 Å². The van der Waals surface area contributed by atoms with E-state index < -0.39 is 10.0 Å². The normalized spacial score (nSPS) is 13.1. The Bertz CT molecular complexity index is 558. The van der Waals surface area contributed by atoms with Crippen LogP contribution in [0.5, 0.6) is 0 Å². The molecule has 124 valence electrons. The summed E-state index contributed by atoms with van der Waals surface area (Å²) in [5.41, 5.74) is 1.12. The van der Waals surface area contributed by atoms with Crippen molar-refractivity contribution in [2.75, 3.05) is 19.3 Å². The van der Waals surface area contributed by atoms with Gasteiger partial charge in [-0.1, -0.05) is 37.3 Å². The van der Waals surface area contributed by atoms with Crippen molar-refractivity contribution < 1.29 is 13.2 Å². The van der Waals surface area contributed by atoms with Crippen LogP contribution in [0, 0.1) is 0 Å². The molecule has 0 saturated carbocycles. The van der Waals surface area contributed by atoms with Crippen LogP contribution in [0.25, 0.3) is 0 Å². The summed E-state index contributed by atoms with van der Waals surface area (Å²) in [5.74, 6) is -0.0542. The Kier molecular flexibility index (Phi) is 7.55. The molecule has 0 fully saturated rings. The van der Waals surface area contributed by atoms with Gasteiger partial charge in [0.2, 0.25) is 15.9 Å². The van der Waals surface area contributed by atoms with Gasteiger partial charge in [-0.25, -0.2) is 8.42 Å². The Morgan fingerprint density at radius 2 is 1.91 bits per heavy atom. The average Bonchev–Trinajstić information content (AvgIpc) is 2.48. The van der Waals surface area contributed by atoms with Crippen molar-refractivity contribution in [3.05, 3.63) is 35.9 Å². The van der Waals surface area contributed by atoms with Gasteiger partial charge in [0.15, 0.2) is 0 Å². The van der Waals surface area contributed by atoms with Gasteiger partial charge in [0.05, 0.1) is 6.26 Å². The van der Waals surface area contributed by atoms with E-state index in [0.29, 0.717) is 25.9 Å². The van der Waals surface area contributed by atoms with Gasteiger partial charge in [0.25, 0.3) is 0 Å². The number of aryl methyl sites for hydroxylation is 1. The molecule has 22 heavy (non-hydrogen) atoms. The van der Waals surface area contributed by atoms with Gasteiger partial charge < -0.3 is 5.32 Å². The van der Waals surface area contributed by atoms with Crippen molar-refractivity contribution in [2.45, 2.75) is 39.2 Å². The molecule has 0 aliphatic carbocycles.